The number of aryl methyl sites for hydroxylation is 1. The molecule has 1 rings (SSSR count). The molecule has 0 amide bonds. The second-order valence-electron chi connectivity index (χ2n) is 2.21. The third-order valence-corrected chi connectivity index (χ3v) is 1.64. The highest BCUT2D eigenvalue weighted by atomic mass is 127. The molecule has 0 aliphatic rings. The van der Waals surface area contributed by atoms with Gasteiger partial charge in [0, 0.05) is 29.6 Å². The molecule has 0 saturated carbocycles. The van der Waals surface area contributed by atoms with Gasteiger partial charge in [-0.2, -0.15) is 13.2 Å². The van der Waals surface area contributed by atoms with Crippen molar-refractivity contribution in [2.75, 3.05) is 0 Å². The van der Waals surface area contributed by atoms with Crippen LogP contribution in [0.4, 0.5) is 13.2 Å². The molecule has 3 nitrogen and oxygen atoms in total. The van der Waals surface area contributed by atoms with Gasteiger partial charge in [-0.1, -0.05) is 0 Å². The maximum absolute atomic E-state index is 11.8. The summed E-state index contributed by atoms with van der Waals surface area (Å²) in [7, 11) is 1.44. The van der Waals surface area contributed by atoms with Crippen LogP contribution >= 0.6 is 22.6 Å². The van der Waals surface area contributed by atoms with Crippen molar-refractivity contribution in [3.63, 3.8) is 0 Å². The lowest BCUT2D eigenvalue weighted by Crippen LogP contribution is -2.15. The number of hydrogen-bond acceptors (Lipinski definition) is 2. The minimum absolute atomic E-state index is 0.0631. The highest BCUT2D eigenvalue weighted by Gasteiger charge is 2.30. The van der Waals surface area contributed by atoms with Gasteiger partial charge < -0.3 is 0 Å². The standard InChI is InChI=1S/C5H5F3IN3/c1-12-3(2-5(6,7)8)10-4(9)11-12/h2H2,1H3. The van der Waals surface area contributed by atoms with Crippen LogP contribution in [0.25, 0.3) is 0 Å². The van der Waals surface area contributed by atoms with Crippen LogP contribution in [0.15, 0.2) is 0 Å². The lowest BCUT2D eigenvalue weighted by molar-refractivity contribution is -0.129. The van der Waals surface area contributed by atoms with E-state index in [2.05, 4.69) is 10.1 Å². The van der Waals surface area contributed by atoms with Gasteiger partial charge in [0.1, 0.15) is 12.2 Å². The van der Waals surface area contributed by atoms with Crippen molar-refractivity contribution in [1.82, 2.24) is 14.8 Å². The van der Waals surface area contributed by atoms with E-state index in [0.717, 1.165) is 4.68 Å². The smallest absolute Gasteiger partial charge is 0.252 e. The Morgan fingerprint density at radius 1 is 1.50 bits per heavy atom. The van der Waals surface area contributed by atoms with E-state index in [0.29, 0.717) is 3.83 Å². The summed E-state index contributed by atoms with van der Waals surface area (Å²) in [5.41, 5.74) is 0. The molecule has 0 N–H and O–H groups in total. The zero-order valence-corrected chi connectivity index (χ0v) is 8.22. The number of aromatic nitrogens is 3. The molecule has 0 atom stereocenters. The number of halogens is 4. The minimum atomic E-state index is -4.22. The maximum Gasteiger partial charge on any atom is 0.396 e. The van der Waals surface area contributed by atoms with Gasteiger partial charge in [-0.3, -0.25) is 4.68 Å². The van der Waals surface area contributed by atoms with Crippen LogP contribution in [0.3, 0.4) is 0 Å². The van der Waals surface area contributed by atoms with Gasteiger partial charge in [-0.15, -0.1) is 5.10 Å². The molecule has 0 unspecified atom stereocenters. The number of hydrogen-bond donors (Lipinski definition) is 0. The van der Waals surface area contributed by atoms with E-state index in [4.69, 9.17) is 0 Å². The van der Waals surface area contributed by atoms with Gasteiger partial charge in [0.25, 0.3) is 0 Å². The third kappa shape index (κ3) is 2.61. The van der Waals surface area contributed by atoms with Crippen LogP contribution in [0.2, 0.25) is 0 Å². The lowest BCUT2D eigenvalue weighted by Gasteiger charge is -2.03. The Labute approximate surface area is 80.1 Å². The summed E-state index contributed by atoms with van der Waals surface area (Å²) in [6.07, 6.45) is -5.25. The quantitative estimate of drug-likeness (QED) is 0.735. The summed E-state index contributed by atoms with van der Waals surface area (Å²) < 4.78 is 37.0. The molecule has 7 heteroatoms. The molecule has 0 aliphatic carbocycles. The lowest BCUT2D eigenvalue weighted by atomic mass is 10.4. The summed E-state index contributed by atoms with van der Waals surface area (Å²) in [5.74, 6) is -0.0631. The molecule has 0 aromatic carbocycles. The fraction of sp³-hybridized carbons (Fsp3) is 0.600. The summed E-state index contributed by atoms with van der Waals surface area (Å²) in [6.45, 7) is 0. The van der Waals surface area contributed by atoms with E-state index in [-0.39, 0.29) is 5.82 Å². The molecule has 12 heavy (non-hydrogen) atoms. The van der Waals surface area contributed by atoms with Crippen molar-refractivity contribution in [2.24, 2.45) is 7.05 Å². The fourth-order valence-corrected chi connectivity index (χ4v) is 1.32. The van der Waals surface area contributed by atoms with Crippen molar-refractivity contribution in [1.29, 1.82) is 0 Å². The third-order valence-electron chi connectivity index (χ3n) is 1.19. The van der Waals surface area contributed by atoms with Crippen molar-refractivity contribution in [2.45, 2.75) is 12.6 Å². The predicted molar refractivity (Wildman–Crippen MR) is 43.5 cm³/mol. The average molecular weight is 291 g/mol. The summed E-state index contributed by atoms with van der Waals surface area (Å²) >= 11 is 1.77. The Kier molecular flexibility index (Phi) is 2.59. The largest absolute Gasteiger partial charge is 0.396 e. The molecular formula is C5H5F3IN3. The zero-order valence-electron chi connectivity index (χ0n) is 6.06. The highest BCUT2D eigenvalue weighted by Crippen LogP contribution is 2.19. The second kappa shape index (κ2) is 3.19. The summed E-state index contributed by atoms with van der Waals surface area (Å²) in [4.78, 5) is 3.61. The average Bonchev–Trinajstić information content (AvgIpc) is 2.06. The van der Waals surface area contributed by atoms with Crippen molar-refractivity contribution in [3.8, 4) is 0 Å². The molecule has 1 heterocycles. The molecule has 0 radical (unpaired) electrons. The molecule has 1 aromatic rings. The van der Waals surface area contributed by atoms with E-state index < -0.39 is 12.6 Å². The van der Waals surface area contributed by atoms with Crippen molar-refractivity contribution >= 4 is 22.6 Å². The Bertz CT molecular complexity index is 280. The number of rotatable bonds is 1. The first-order valence-corrected chi connectivity index (χ1v) is 4.08. The first-order valence-electron chi connectivity index (χ1n) is 3.00. The normalized spacial score (nSPS) is 12.1. The number of alkyl halides is 3. The molecular weight excluding hydrogens is 286 g/mol. The van der Waals surface area contributed by atoms with E-state index in [1.54, 1.807) is 22.6 Å². The van der Waals surface area contributed by atoms with Crippen LogP contribution in [0.5, 0.6) is 0 Å². The molecule has 0 bridgehead atoms. The van der Waals surface area contributed by atoms with Gasteiger partial charge >= 0.3 is 6.18 Å². The van der Waals surface area contributed by atoms with Gasteiger partial charge in [0.15, 0.2) is 0 Å². The first-order chi connectivity index (χ1) is 5.38. The minimum Gasteiger partial charge on any atom is -0.252 e. The van der Waals surface area contributed by atoms with Gasteiger partial charge in [-0.25, -0.2) is 4.98 Å². The van der Waals surface area contributed by atoms with Crippen molar-refractivity contribution in [3.05, 3.63) is 9.66 Å². The fourth-order valence-electron chi connectivity index (χ4n) is 0.716. The second-order valence-corrected chi connectivity index (χ2v) is 3.18. The van der Waals surface area contributed by atoms with Gasteiger partial charge in [0.05, 0.1) is 0 Å². The van der Waals surface area contributed by atoms with E-state index in [9.17, 15) is 13.2 Å². The Morgan fingerprint density at radius 3 is 2.42 bits per heavy atom. The van der Waals surface area contributed by atoms with Crippen LogP contribution in [0.1, 0.15) is 5.82 Å². The SMILES string of the molecule is Cn1nc(I)nc1CC(F)(F)F. The molecule has 0 saturated heterocycles. The van der Waals surface area contributed by atoms with Crippen LogP contribution in [0, 0.1) is 3.83 Å². The molecule has 0 spiro atoms. The summed E-state index contributed by atoms with van der Waals surface area (Å²) in [5, 5.41) is 3.69. The van der Waals surface area contributed by atoms with Crippen molar-refractivity contribution < 1.29 is 13.2 Å². The molecule has 68 valence electrons. The van der Waals surface area contributed by atoms with E-state index >= 15 is 0 Å². The molecule has 1 aromatic heterocycles. The highest BCUT2D eigenvalue weighted by molar-refractivity contribution is 14.1. The van der Waals surface area contributed by atoms with Gasteiger partial charge in [0.2, 0.25) is 3.83 Å². The first kappa shape index (κ1) is 9.75. The van der Waals surface area contributed by atoms with Crippen LogP contribution < -0.4 is 0 Å². The summed E-state index contributed by atoms with van der Waals surface area (Å²) in [6, 6.07) is 0. The topological polar surface area (TPSA) is 30.7 Å². The zero-order chi connectivity index (χ0) is 9.35. The van der Waals surface area contributed by atoms with Gasteiger partial charge in [-0.05, 0) is 0 Å². The Hall–Kier alpha value is -0.340. The predicted octanol–water partition coefficient (Wildman–Crippen LogP) is 1.52. The van der Waals surface area contributed by atoms with E-state index in [1.807, 2.05) is 0 Å². The number of nitrogens with zero attached hydrogens (tertiary/aromatic N) is 3. The molecule has 0 aliphatic heterocycles. The molecule has 0 fully saturated rings. The van der Waals surface area contributed by atoms with Crippen LogP contribution in [-0.2, 0) is 13.5 Å². The maximum atomic E-state index is 11.8. The van der Waals surface area contributed by atoms with Crippen LogP contribution in [-0.4, -0.2) is 20.9 Å². The monoisotopic (exact) mass is 291 g/mol. The van der Waals surface area contributed by atoms with E-state index in [1.165, 1.54) is 7.05 Å². The Balaban J connectivity index is 2.82. The Morgan fingerprint density at radius 2 is 2.08 bits per heavy atom.